The molecule has 0 aromatic heterocycles. The molecule has 1 aliphatic heterocycles. The van der Waals surface area contributed by atoms with Gasteiger partial charge in [0.15, 0.2) is 0 Å². The average Bonchev–Trinajstić information content (AvgIpc) is 3.57. The Hall–Kier alpha value is -2.55. The van der Waals surface area contributed by atoms with E-state index in [1.807, 2.05) is 0 Å². The molecule has 0 radical (unpaired) electrons. The summed E-state index contributed by atoms with van der Waals surface area (Å²) in [4.78, 5) is 9.53. The van der Waals surface area contributed by atoms with Gasteiger partial charge < -0.3 is 9.80 Å². The van der Waals surface area contributed by atoms with Crippen molar-refractivity contribution in [2.24, 2.45) is 10.9 Å². The zero-order valence-corrected chi connectivity index (χ0v) is 17.6. The van der Waals surface area contributed by atoms with E-state index in [0.29, 0.717) is 0 Å². The summed E-state index contributed by atoms with van der Waals surface area (Å²) in [5.41, 5.74) is 7.31. The van der Waals surface area contributed by atoms with Crippen LogP contribution in [0.25, 0.3) is 5.57 Å². The third kappa shape index (κ3) is 4.46. The van der Waals surface area contributed by atoms with Crippen LogP contribution in [0.3, 0.4) is 0 Å². The van der Waals surface area contributed by atoms with Crippen LogP contribution in [0.15, 0.2) is 77.7 Å². The van der Waals surface area contributed by atoms with Crippen molar-refractivity contribution >= 4 is 11.3 Å². The molecule has 0 spiro atoms. The molecule has 148 valence electrons. The number of allylic oxidation sites excluding steroid dienone is 5. The van der Waals surface area contributed by atoms with Crippen molar-refractivity contribution in [1.29, 1.82) is 0 Å². The fraction of sp³-hybridized carbons (Fsp3) is 0.400. The standard InChI is InChI=1S/C25H33N3/c1-6-24(23-11-9-8-10-12-23)25(19(3)26-7-2)21(5)28-17-15-27(16-18-28)20(4)22-13-14-22/h6-12,22H,2,4,13-18H2,1,3,5H3/b24-6-,25-21-,26-19?. The maximum absolute atomic E-state index is 4.54. The third-order valence-corrected chi connectivity index (χ3v) is 5.86. The minimum absolute atomic E-state index is 0.744. The second-order valence-electron chi connectivity index (χ2n) is 7.67. The zero-order chi connectivity index (χ0) is 20.1. The molecule has 1 saturated heterocycles. The average molecular weight is 376 g/mol. The first kappa shape index (κ1) is 20.2. The van der Waals surface area contributed by atoms with Gasteiger partial charge in [0.25, 0.3) is 0 Å². The van der Waals surface area contributed by atoms with Crippen LogP contribution in [0, 0.1) is 5.92 Å². The number of benzene rings is 1. The molecule has 28 heavy (non-hydrogen) atoms. The molecule has 1 aliphatic carbocycles. The lowest BCUT2D eigenvalue weighted by Gasteiger charge is -2.39. The van der Waals surface area contributed by atoms with Crippen LogP contribution in [0.1, 0.15) is 39.2 Å². The van der Waals surface area contributed by atoms with Crippen molar-refractivity contribution in [1.82, 2.24) is 9.80 Å². The summed E-state index contributed by atoms with van der Waals surface area (Å²) < 4.78 is 0. The summed E-state index contributed by atoms with van der Waals surface area (Å²) >= 11 is 0. The van der Waals surface area contributed by atoms with Crippen molar-refractivity contribution in [2.75, 3.05) is 26.2 Å². The van der Waals surface area contributed by atoms with Gasteiger partial charge in [0, 0.05) is 55.1 Å². The fourth-order valence-corrected chi connectivity index (χ4v) is 4.09. The maximum Gasteiger partial charge on any atom is 0.0468 e. The van der Waals surface area contributed by atoms with Gasteiger partial charge in [-0.2, -0.15) is 0 Å². The quantitative estimate of drug-likeness (QED) is 0.462. The van der Waals surface area contributed by atoms with Gasteiger partial charge in [-0.1, -0.05) is 49.6 Å². The van der Waals surface area contributed by atoms with Crippen molar-refractivity contribution in [3.8, 4) is 0 Å². The van der Waals surface area contributed by atoms with Gasteiger partial charge >= 0.3 is 0 Å². The van der Waals surface area contributed by atoms with Crippen molar-refractivity contribution in [3.63, 3.8) is 0 Å². The molecule has 0 N–H and O–H groups in total. The molecule has 2 fully saturated rings. The molecule has 3 nitrogen and oxygen atoms in total. The lowest BCUT2D eigenvalue weighted by Crippen LogP contribution is -2.45. The van der Waals surface area contributed by atoms with Crippen LogP contribution in [-0.2, 0) is 0 Å². The van der Waals surface area contributed by atoms with Gasteiger partial charge in [0.2, 0.25) is 0 Å². The normalized spacial score (nSPS) is 19.4. The Kier molecular flexibility index (Phi) is 6.56. The minimum Gasteiger partial charge on any atom is -0.372 e. The van der Waals surface area contributed by atoms with E-state index in [1.165, 1.54) is 40.9 Å². The van der Waals surface area contributed by atoms with Gasteiger partial charge in [-0.15, -0.1) is 0 Å². The van der Waals surface area contributed by atoms with Gasteiger partial charge in [-0.3, -0.25) is 4.99 Å². The van der Waals surface area contributed by atoms with Crippen LogP contribution in [-0.4, -0.2) is 41.7 Å². The summed E-state index contributed by atoms with van der Waals surface area (Å²) in [5, 5.41) is 0. The maximum atomic E-state index is 4.54. The minimum atomic E-state index is 0.744. The van der Waals surface area contributed by atoms with E-state index < -0.39 is 0 Å². The van der Waals surface area contributed by atoms with E-state index in [0.717, 1.165) is 37.8 Å². The molecule has 1 heterocycles. The van der Waals surface area contributed by atoms with E-state index in [2.05, 4.69) is 85.1 Å². The van der Waals surface area contributed by atoms with Crippen LogP contribution >= 0.6 is 0 Å². The molecule has 1 aromatic carbocycles. The second-order valence-corrected chi connectivity index (χ2v) is 7.67. The first-order valence-corrected chi connectivity index (χ1v) is 10.3. The summed E-state index contributed by atoms with van der Waals surface area (Å²) in [6, 6.07) is 10.6. The Morgan fingerprint density at radius 1 is 1.04 bits per heavy atom. The Morgan fingerprint density at radius 3 is 2.18 bits per heavy atom. The molecule has 0 bridgehead atoms. The van der Waals surface area contributed by atoms with E-state index in [9.17, 15) is 0 Å². The lowest BCUT2D eigenvalue weighted by atomic mass is 9.92. The summed E-state index contributed by atoms with van der Waals surface area (Å²) in [7, 11) is 0. The third-order valence-electron chi connectivity index (χ3n) is 5.86. The molecular weight excluding hydrogens is 342 g/mol. The highest BCUT2D eigenvalue weighted by molar-refractivity contribution is 6.12. The van der Waals surface area contributed by atoms with Gasteiger partial charge in [-0.25, -0.2) is 0 Å². The molecule has 0 amide bonds. The van der Waals surface area contributed by atoms with E-state index in [4.69, 9.17) is 0 Å². The first-order chi connectivity index (χ1) is 13.6. The van der Waals surface area contributed by atoms with Crippen LogP contribution < -0.4 is 0 Å². The van der Waals surface area contributed by atoms with Crippen molar-refractivity contribution in [3.05, 3.63) is 78.3 Å². The first-order valence-electron chi connectivity index (χ1n) is 10.3. The molecule has 1 aromatic rings. The van der Waals surface area contributed by atoms with Gasteiger partial charge in [0.1, 0.15) is 0 Å². The van der Waals surface area contributed by atoms with E-state index in [1.54, 1.807) is 6.20 Å². The number of aliphatic imine (C=N–C) groups is 1. The molecular formula is C25H33N3. The van der Waals surface area contributed by atoms with Gasteiger partial charge in [-0.05, 0) is 50.7 Å². The van der Waals surface area contributed by atoms with Crippen molar-refractivity contribution in [2.45, 2.75) is 33.6 Å². The summed E-state index contributed by atoms with van der Waals surface area (Å²) in [6.07, 6.45) is 6.47. The highest BCUT2D eigenvalue weighted by Gasteiger charge is 2.30. The van der Waals surface area contributed by atoms with Crippen LogP contribution in [0.2, 0.25) is 0 Å². The largest absolute Gasteiger partial charge is 0.372 e. The predicted molar refractivity (Wildman–Crippen MR) is 121 cm³/mol. The molecule has 1 saturated carbocycles. The highest BCUT2D eigenvalue weighted by atomic mass is 15.3. The number of nitrogens with zero attached hydrogens (tertiary/aromatic N) is 3. The smallest absolute Gasteiger partial charge is 0.0468 e. The number of rotatable bonds is 7. The number of hydrogen-bond donors (Lipinski definition) is 0. The topological polar surface area (TPSA) is 18.8 Å². The Bertz CT molecular complexity index is 801. The Labute approximate surface area is 170 Å². The second kappa shape index (κ2) is 9.09. The SMILES string of the molecule is C=CN=C(C)C(/C(=C\C)c1ccccc1)=C(\C)N1CCN(C(=C)C2CC2)CC1. The van der Waals surface area contributed by atoms with Crippen LogP contribution in [0.5, 0.6) is 0 Å². The zero-order valence-electron chi connectivity index (χ0n) is 17.6. The van der Waals surface area contributed by atoms with Crippen molar-refractivity contribution < 1.29 is 0 Å². The molecule has 0 unspecified atom stereocenters. The van der Waals surface area contributed by atoms with E-state index >= 15 is 0 Å². The highest BCUT2D eigenvalue weighted by Crippen LogP contribution is 2.37. The number of piperazine rings is 1. The fourth-order valence-electron chi connectivity index (χ4n) is 4.09. The summed E-state index contributed by atoms with van der Waals surface area (Å²) in [5.74, 6) is 0.744. The number of hydrogen-bond acceptors (Lipinski definition) is 3. The predicted octanol–water partition coefficient (Wildman–Crippen LogP) is 5.51. The summed E-state index contributed by atoms with van der Waals surface area (Å²) in [6.45, 7) is 18.7. The molecule has 0 atom stereocenters. The Balaban J connectivity index is 1.88. The molecule has 3 rings (SSSR count). The monoisotopic (exact) mass is 375 g/mol. The lowest BCUT2D eigenvalue weighted by molar-refractivity contribution is 0.186. The Morgan fingerprint density at radius 2 is 1.64 bits per heavy atom. The molecule has 2 aliphatic rings. The molecule has 3 heteroatoms. The van der Waals surface area contributed by atoms with Crippen LogP contribution in [0.4, 0.5) is 0 Å². The van der Waals surface area contributed by atoms with E-state index in [-0.39, 0.29) is 0 Å². The van der Waals surface area contributed by atoms with Gasteiger partial charge in [0.05, 0.1) is 0 Å².